The Morgan fingerprint density at radius 3 is 1.50 bits per heavy atom. The molecule has 8 heteroatoms. The first kappa shape index (κ1) is 54.2. The van der Waals surface area contributed by atoms with Crippen molar-refractivity contribution in [3.05, 3.63) is 97.2 Å². The van der Waals surface area contributed by atoms with E-state index in [1.807, 2.05) is 0 Å². The number of hydrogen-bond donors (Lipinski definition) is 0. The van der Waals surface area contributed by atoms with Crippen LogP contribution in [-0.2, 0) is 28.6 Å². The Morgan fingerprint density at radius 2 is 0.983 bits per heavy atom. The Hall–Kier alpha value is -3.75. The fraction of sp³-hybridized carbons (Fsp3) is 0.620. The van der Waals surface area contributed by atoms with Gasteiger partial charge in [-0.3, -0.25) is 9.59 Å². The largest absolute Gasteiger partial charge is 0.544 e. The minimum absolute atomic E-state index is 0.00861. The summed E-state index contributed by atoms with van der Waals surface area (Å²) in [7, 11) is 5.37. The molecule has 0 aliphatic heterocycles. The van der Waals surface area contributed by atoms with Crippen molar-refractivity contribution in [2.75, 3.05) is 41.0 Å². The second kappa shape index (κ2) is 40.0. The van der Waals surface area contributed by atoms with Gasteiger partial charge in [0.25, 0.3) is 0 Å². The predicted octanol–water partition coefficient (Wildman–Crippen LogP) is 11.0. The number of carbonyl (C=O) groups excluding carboxylic acids is 3. The van der Waals surface area contributed by atoms with Crippen LogP contribution in [0.5, 0.6) is 0 Å². The third-order valence-electron chi connectivity index (χ3n) is 9.20. The van der Waals surface area contributed by atoms with Gasteiger partial charge in [-0.05, 0) is 83.5 Å². The minimum atomic E-state index is -1.14. The molecular formula is C50H81NO7. The van der Waals surface area contributed by atoms with Crippen LogP contribution >= 0.6 is 0 Å². The molecule has 0 aliphatic carbocycles. The summed E-state index contributed by atoms with van der Waals surface area (Å²) in [6, 6.07) is -0.742. The van der Waals surface area contributed by atoms with Crippen molar-refractivity contribution >= 4 is 17.9 Å². The van der Waals surface area contributed by atoms with Crippen LogP contribution in [0.3, 0.4) is 0 Å². The van der Waals surface area contributed by atoms with Crippen LogP contribution in [0.4, 0.5) is 0 Å². The lowest BCUT2D eigenvalue weighted by molar-refractivity contribution is -0.889. The molecular weight excluding hydrogens is 727 g/mol. The summed E-state index contributed by atoms with van der Waals surface area (Å²) in [5.74, 6) is -1.84. The van der Waals surface area contributed by atoms with E-state index in [1.165, 1.54) is 19.3 Å². The monoisotopic (exact) mass is 808 g/mol. The average Bonchev–Trinajstić information content (AvgIpc) is 3.18. The van der Waals surface area contributed by atoms with Gasteiger partial charge in [0.05, 0.1) is 40.3 Å². The average molecular weight is 808 g/mol. The second-order valence-electron chi connectivity index (χ2n) is 15.5. The fourth-order valence-corrected chi connectivity index (χ4v) is 5.74. The van der Waals surface area contributed by atoms with Gasteiger partial charge >= 0.3 is 11.9 Å². The SMILES string of the molecule is CC/C=C/C/C=C/C/C=C/C/C=C/C/C=C/C/C=C/C/C=C/CCCC(=O)OC(COCCC(C(=O)[O-])[N+](C)(C)C)COC(=O)CCCCCCC/C=C/CCCC. The van der Waals surface area contributed by atoms with E-state index in [4.69, 9.17) is 14.2 Å². The van der Waals surface area contributed by atoms with Gasteiger partial charge in [-0.1, -0.05) is 143 Å². The van der Waals surface area contributed by atoms with E-state index in [1.54, 1.807) is 21.1 Å². The molecule has 0 aliphatic rings. The fourth-order valence-electron chi connectivity index (χ4n) is 5.74. The zero-order valence-corrected chi connectivity index (χ0v) is 37.2. The number of quaternary nitrogens is 1. The maximum absolute atomic E-state index is 12.7. The number of carboxylic acid groups (broad SMARTS) is 1. The molecule has 2 unspecified atom stereocenters. The summed E-state index contributed by atoms with van der Waals surface area (Å²) in [4.78, 5) is 36.8. The highest BCUT2D eigenvalue weighted by Gasteiger charge is 2.25. The Labute approximate surface area is 354 Å². The lowest BCUT2D eigenvalue weighted by Gasteiger charge is -2.34. The van der Waals surface area contributed by atoms with E-state index in [-0.39, 0.29) is 49.1 Å². The normalized spacial score (nSPS) is 13.9. The highest BCUT2D eigenvalue weighted by atomic mass is 16.6. The van der Waals surface area contributed by atoms with E-state index < -0.39 is 18.1 Å². The van der Waals surface area contributed by atoms with Crippen LogP contribution in [0, 0.1) is 0 Å². The molecule has 0 saturated heterocycles. The van der Waals surface area contributed by atoms with E-state index in [2.05, 4.69) is 111 Å². The maximum Gasteiger partial charge on any atom is 0.306 e. The van der Waals surface area contributed by atoms with Crippen LogP contribution in [0.15, 0.2) is 97.2 Å². The van der Waals surface area contributed by atoms with Crippen molar-refractivity contribution < 1.29 is 38.2 Å². The summed E-state index contributed by atoms with van der Waals surface area (Å²) >= 11 is 0. The summed E-state index contributed by atoms with van der Waals surface area (Å²) in [6.07, 6.45) is 53.0. The Bertz CT molecular complexity index is 1260. The number of unbranched alkanes of at least 4 members (excludes halogenated alkanes) is 8. The summed E-state index contributed by atoms with van der Waals surface area (Å²) in [5.41, 5.74) is 0. The Balaban J connectivity index is 4.45. The number of likely N-dealkylation sites (N-methyl/N-ethyl adjacent to an activating group) is 1. The molecule has 0 fully saturated rings. The number of aliphatic carboxylic acids is 1. The number of esters is 2. The van der Waals surface area contributed by atoms with Crippen LogP contribution in [0.25, 0.3) is 0 Å². The molecule has 0 rings (SSSR count). The molecule has 58 heavy (non-hydrogen) atoms. The lowest BCUT2D eigenvalue weighted by atomic mass is 10.1. The molecule has 2 atom stereocenters. The molecule has 0 saturated carbocycles. The van der Waals surface area contributed by atoms with Crippen LogP contribution in [0.1, 0.15) is 149 Å². The summed E-state index contributed by atoms with van der Waals surface area (Å²) < 4.78 is 17.1. The van der Waals surface area contributed by atoms with Crippen LogP contribution < -0.4 is 5.11 Å². The van der Waals surface area contributed by atoms with E-state index in [9.17, 15) is 19.5 Å². The van der Waals surface area contributed by atoms with Gasteiger partial charge < -0.3 is 28.6 Å². The topological polar surface area (TPSA) is 102 Å². The third-order valence-corrected chi connectivity index (χ3v) is 9.20. The highest BCUT2D eigenvalue weighted by Crippen LogP contribution is 2.11. The quantitative estimate of drug-likeness (QED) is 0.0265. The molecule has 0 amide bonds. The van der Waals surface area contributed by atoms with Gasteiger partial charge in [0.1, 0.15) is 12.6 Å². The number of carbonyl (C=O) groups is 3. The first-order valence-electron chi connectivity index (χ1n) is 22.3. The third kappa shape index (κ3) is 37.8. The van der Waals surface area contributed by atoms with Gasteiger partial charge in [0.2, 0.25) is 0 Å². The predicted molar refractivity (Wildman–Crippen MR) is 240 cm³/mol. The van der Waals surface area contributed by atoms with Crippen molar-refractivity contribution in [3.63, 3.8) is 0 Å². The maximum atomic E-state index is 12.7. The number of ether oxygens (including phenoxy) is 3. The Kier molecular flexibility index (Phi) is 37.5. The molecule has 0 radical (unpaired) electrons. The van der Waals surface area contributed by atoms with Crippen molar-refractivity contribution in [2.45, 2.75) is 161 Å². The van der Waals surface area contributed by atoms with Crippen molar-refractivity contribution in [3.8, 4) is 0 Å². The summed E-state index contributed by atoms with van der Waals surface area (Å²) in [5, 5.41) is 11.6. The van der Waals surface area contributed by atoms with Gasteiger partial charge in [0.15, 0.2) is 6.10 Å². The number of nitrogens with zero attached hydrogens (tertiary/aromatic N) is 1. The molecule has 328 valence electrons. The van der Waals surface area contributed by atoms with Gasteiger partial charge in [-0.15, -0.1) is 0 Å². The molecule has 0 spiro atoms. The lowest BCUT2D eigenvalue weighted by Crippen LogP contribution is -2.55. The molecule has 0 bridgehead atoms. The van der Waals surface area contributed by atoms with Crippen molar-refractivity contribution in [1.82, 2.24) is 0 Å². The second-order valence-corrected chi connectivity index (χ2v) is 15.5. The van der Waals surface area contributed by atoms with Gasteiger partial charge in [0, 0.05) is 19.3 Å². The van der Waals surface area contributed by atoms with Gasteiger partial charge in [-0.2, -0.15) is 0 Å². The molecule has 0 aromatic rings. The summed E-state index contributed by atoms with van der Waals surface area (Å²) in [6.45, 7) is 4.41. The van der Waals surface area contributed by atoms with Gasteiger partial charge in [-0.25, -0.2) is 0 Å². The van der Waals surface area contributed by atoms with Crippen molar-refractivity contribution in [1.29, 1.82) is 0 Å². The minimum Gasteiger partial charge on any atom is -0.544 e. The first-order chi connectivity index (χ1) is 28.1. The first-order valence-corrected chi connectivity index (χ1v) is 22.3. The Morgan fingerprint density at radius 1 is 0.534 bits per heavy atom. The van der Waals surface area contributed by atoms with E-state index >= 15 is 0 Å². The molecule has 8 nitrogen and oxygen atoms in total. The zero-order valence-electron chi connectivity index (χ0n) is 37.2. The van der Waals surface area contributed by atoms with Crippen molar-refractivity contribution in [2.24, 2.45) is 0 Å². The molecule has 0 aromatic carbocycles. The molecule has 0 aromatic heterocycles. The van der Waals surface area contributed by atoms with Crippen LogP contribution in [0.2, 0.25) is 0 Å². The highest BCUT2D eigenvalue weighted by molar-refractivity contribution is 5.70. The molecule has 0 heterocycles. The number of carboxylic acids is 1. The van der Waals surface area contributed by atoms with E-state index in [0.717, 1.165) is 89.9 Å². The smallest absolute Gasteiger partial charge is 0.306 e. The zero-order chi connectivity index (χ0) is 42.8. The van der Waals surface area contributed by atoms with Crippen LogP contribution in [-0.4, -0.2) is 75.5 Å². The number of rotatable bonds is 38. The number of allylic oxidation sites excluding steroid dienone is 16. The standard InChI is InChI=1S/C50H81NO7/c1-6-8-10-12-14-16-18-19-20-21-22-23-24-25-26-27-28-29-31-33-35-37-39-41-49(53)58-46(44-56-43-42-47(50(54)55)51(3,4)5)45-57-48(52)40-38-36-34-32-30-17-15-13-11-9-7-2/h8,10,13-16,19-20,22-23,25-26,28-29,33,35,46-47H,6-7,9,11-12,17-18,21,24,27,30-32,34,36-45H2,1-5H3/b10-8+,15-13+,16-14+,20-19+,23-22+,26-25+,29-28+,35-33+. The number of hydrogen-bond acceptors (Lipinski definition) is 7. The molecule has 0 N–H and O–H groups in total. The van der Waals surface area contributed by atoms with E-state index in [0.29, 0.717) is 12.8 Å².